The van der Waals surface area contributed by atoms with E-state index in [1.54, 1.807) is 14.2 Å². The van der Waals surface area contributed by atoms with Crippen LogP contribution in [0, 0.1) is 11.3 Å². The van der Waals surface area contributed by atoms with Gasteiger partial charge in [-0.15, -0.1) is 0 Å². The first-order valence-corrected chi connectivity index (χ1v) is 12.0. The van der Waals surface area contributed by atoms with Gasteiger partial charge < -0.3 is 14.2 Å². The lowest BCUT2D eigenvalue weighted by Gasteiger charge is -2.39. The largest absolute Gasteiger partial charge is 0.497 e. The van der Waals surface area contributed by atoms with Crippen molar-refractivity contribution in [1.82, 2.24) is 0 Å². The van der Waals surface area contributed by atoms with Crippen molar-refractivity contribution in [2.45, 2.75) is 77.7 Å². The van der Waals surface area contributed by atoms with Crippen molar-refractivity contribution in [3.63, 3.8) is 0 Å². The van der Waals surface area contributed by atoms with E-state index in [1.165, 1.54) is 6.42 Å². The minimum atomic E-state index is -0.670. The van der Waals surface area contributed by atoms with Gasteiger partial charge in [0.15, 0.2) is 5.78 Å². The van der Waals surface area contributed by atoms with Gasteiger partial charge >= 0.3 is 5.97 Å². The molecule has 0 saturated heterocycles. The smallest absolute Gasteiger partial charge is 0.315 e. The number of allylic oxidation sites excluding steroid dienone is 2. The number of ketones is 1. The van der Waals surface area contributed by atoms with Crippen LogP contribution in [-0.2, 0) is 14.3 Å². The molecule has 1 aromatic carbocycles. The maximum Gasteiger partial charge on any atom is 0.315 e. The Morgan fingerprint density at radius 2 is 1.79 bits per heavy atom. The van der Waals surface area contributed by atoms with E-state index in [2.05, 4.69) is 13.8 Å². The Hall–Kier alpha value is -2.63. The zero-order valence-electron chi connectivity index (χ0n) is 20.4. The van der Waals surface area contributed by atoms with Crippen molar-refractivity contribution in [2.75, 3.05) is 14.2 Å². The highest BCUT2D eigenvalue weighted by atomic mass is 16.5. The molecule has 6 nitrogen and oxygen atoms in total. The molecule has 0 spiro atoms. The van der Waals surface area contributed by atoms with E-state index < -0.39 is 11.8 Å². The molecular weight excluding hydrogens is 418 g/mol. The van der Waals surface area contributed by atoms with Crippen LogP contribution in [0.5, 0.6) is 11.5 Å². The first-order chi connectivity index (χ1) is 15.7. The van der Waals surface area contributed by atoms with Gasteiger partial charge in [0.25, 0.3) is 0 Å². The molecule has 2 atom stereocenters. The number of carbonyl (C=O) groups is 2. The molecule has 1 aromatic rings. The topological polar surface area (TPSA) is 74.2 Å². The van der Waals surface area contributed by atoms with Crippen LogP contribution in [-0.4, -0.2) is 37.8 Å². The molecular formula is C27H35NO5. The van der Waals surface area contributed by atoms with Crippen molar-refractivity contribution in [2.24, 2.45) is 16.3 Å². The van der Waals surface area contributed by atoms with Crippen LogP contribution in [0.15, 0.2) is 34.5 Å². The molecule has 0 aromatic heterocycles. The van der Waals surface area contributed by atoms with Crippen LogP contribution < -0.4 is 9.47 Å². The van der Waals surface area contributed by atoms with Gasteiger partial charge in [0.1, 0.15) is 23.5 Å². The average molecular weight is 454 g/mol. The Labute approximate surface area is 196 Å². The minimum Gasteiger partial charge on any atom is -0.497 e. The minimum absolute atomic E-state index is 0.0443. The van der Waals surface area contributed by atoms with Crippen LogP contribution in [0.3, 0.4) is 0 Å². The summed E-state index contributed by atoms with van der Waals surface area (Å²) in [6, 6.07) is 5.53. The first kappa shape index (κ1) is 23.5. The SMILES string of the molecule is COc1ccc(OC)c([C@@H]2C3=C(CC(C)(C)CC3=O)N=C(C)C2C(=O)OC2CCCCC2)c1. The number of benzene rings is 1. The number of hydrogen-bond acceptors (Lipinski definition) is 6. The van der Waals surface area contributed by atoms with Crippen molar-refractivity contribution in [1.29, 1.82) is 0 Å². The molecule has 0 N–H and O–H groups in total. The monoisotopic (exact) mass is 453 g/mol. The number of hydrogen-bond donors (Lipinski definition) is 0. The third-order valence-electron chi connectivity index (χ3n) is 7.16. The molecule has 1 unspecified atom stereocenters. The number of esters is 1. The molecule has 33 heavy (non-hydrogen) atoms. The van der Waals surface area contributed by atoms with Gasteiger partial charge in [0.2, 0.25) is 0 Å². The number of carbonyl (C=O) groups excluding carboxylic acids is 2. The number of aliphatic imine (C=N–C) groups is 1. The number of rotatable bonds is 5. The summed E-state index contributed by atoms with van der Waals surface area (Å²) in [5, 5.41) is 0. The van der Waals surface area contributed by atoms with Gasteiger partial charge in [-0.25, -0.2) is 0 Å². The summed E-state index contributed by atoms with van der Waals surface area (Å²) in [4.78, 5) is 31.9. The van der Waals surface area contributed by atoms with E-state index in [0.717, 1.165) is 36.9 Å². The van der Waals surface area contributed by atoms with Crippen molar-refractivity contribution in [3.8, 4) is 11.5 Å². The molecule has 0 radical (unpaired) electrons. The zero-order chi connectivity index (χ0) is 23.8. The van der Waals surface area contributed by atoms with Crippen LogP contribution in [0.25, 0.3) is 0 Å². The van der Waals surface area contributed by atoms with Crippen molar-refractivity contribution in [3.05, 3.63) is 35.0 Å². The summed E-state index contributed by atoms with van der Waals surface area (Å²) in [6.07, 6.45) is 6.17. The van der Waals surface area contributed by atoms with Crippen LogP contribution in [0.1, 0.15) is 77.2 Å². The highest BCUT2D eigenvalue weighted by Crippen LogP contribution is 2.50. The summed E-state index contributed by atoms with van der Waals surface area (Å²) in [5.74, 6) is -0.171. The Morgan fingerprint density at radius 1 is 1.06 bits per heavy atom. The van der Waals surface area contributed by atoms with Gasteiger partial charge in [-0.2, -0.15) is 0 Å². The number of ether oxygens (including phenoxy) is 3. The Balaban J connectivity index is 1.82. The quantitative estimate of drug-likeness (QED) is 0.558. The number of nitrogens with zero attached hydrogens (tertiary/aromatic N) is 1. The fourth-order valence-electron chi connectivity index (χ4n) is 5.59. The molecule has 178 valence electrons. The van der Waals surface area contributed by atoms with Crippen molar-refractivity contribution < 1.29 is 23.8 Å². The van der Waals surface area contributed by atoms with Crippen LogP contribution >= 0.6 is 0 Å². The fourth-order valence-corrected chi connectivity index (χ4v) is 5.59. The van der Waals surface area contributed by atoms with E-state index >= 15 is 0 Å². The lowest BCUT2D eigenvalue weighted by Crippen LogP contribution is -2.40. The molecule has 2 aliphatic carbocycles. The zero-order valence-corrected chi connectivity index (χ0v) is 20.4. The summed E-state index contributed by atoms with van der Waals surface area (Å²) < 4.78 is 17.2. The highest BCUT2D eigenvalue weighted by Gasteiger charge is 2.47. The lowest BCUT2D eigenvalue weighted by atomic mass is 9.66. The molecule has 1 heterocycles. The molecule has 6 heteroatoms. The normalized spacial score (nSPS) is 25.2. The van der Waals surface area contributed by atoms with E-state index in [1.807, 2.05) is 25.1 Å². The summed E-state index contributed by atoms with van der Waals surface area (Å²) in [7, 11) is 3.21. The Morgan fingerprint density at radius 3 is 2.45 bits per heavy atom. The summed E-state index contributed by atoms with van der Waals surface area (Å²) >= 11 is 0. The van der Waals surface area contributed by atoms with Gasteiger partial charge in [-0.05, 0) is 62.6 Å². The molecule has 3 aliphatic rings. The fraction of sp³-hybridized carbons (Fsp3) is 0.593. The highest BCUT2D eigenvalue weighted by molar-refractivity contribution is 6.09. The predicted molar refractivity (Wildman–Crippen MR) is 127 cm³/mol. The van der Waals surface area contributed by atoms with Gasteiger partial charge in [0.05, 0.1) is 14.2 Å². The van der Waals surface area contributed by atoms with E-state index in [9.17, 15) is 9.59 Å². The summed E-state index contributed by atoms with van der Waals surface area (Å²) in [5.41, 5.74) is 2.69. The molecule has 0 bridgehead atoms. The second-order valence-corrected chi connectivity index (χ2v) is 10.3. The second kappa shape index (κ2) is 9.32. The second-order valence-electron chi connectivity index (χ2n) is 10.3. The van der Waals surface area contributed by atoms with Crippen LogP contribution in [0.2, 0.25) is 0 Å². The van der Waals surface area contributed by atoms with E-state index in [4.69, 9.17) is 19.2 Å². The van der Waals surface area contributed by atoms with Gasteiger partial charge in [-0.3, -0.25) is 14.6 Å². The molecule has 4 rings (SSSR count). The number of methoxy groups -OCH3 is 2. The average Bonchev–Trinajstić information content (AvgIpc) is 2.77. The number of Topliss-reactive ketones (excluding diaryl/α,β-unsaturated/α-hetero) is 1. The van der Waals surface area contributed by atoms with Gasteiger partial charge in [-0.1, -0.05) is 20.3 Å². The maximum atomic E-state index is 13.6. The predicted octanol–water partition coefficient (Wildman–Crippen LogP) is 5.40. The third-order valence-corrected chi connectivity index (χ3v) is 7.16. The third kappa shape index (κ3) is 4.71. The Kier molecular flexibility index (Phi) is 6.64. The lowest BCUT2D eigenvalue weighted by molar-refractivity contribution is -0.153. The van der Waals surface area contributed by atoms with Gasteiger partial charge in [0, 0.05) is 34.9 Å². The Bertz CT molecular complexity index is 1000. The van der Waals surface area contributed by atoms with E-state index in [0.29, 0.717) is 35.6 Å². The van der Waals surface area contributed by atoms with E-state index in [-0.39, 0.29) is 23.3 Å². The maximum absolute atomic E-state index is 13.6. The summed E-state index contributed by atoms with van der Waals surface area (Å²) in [6.45, 7) is 6.05. The molecule has 1 saturated carbocycles. The van der Waals surface area contributed by atoms with Crippen molar-refractivity contribution >= 4 is 17.5 Å². The standard InChI is InChI=1S/C27H35NO5/c1-16-23(26(30)33-17-9-7-6-8-10-17)24(19-13-18(31-4)11-12-22(19)32-5)25-20(28-16)14-27(2,3)15-21(25)29/h11-13,17,23-24H,6-10,14-15H2,1-5H3/t23?,24-/m0/s1. The molecule has 0 amide bonds. The molecule has 1 aliphatic heterocycles. The first-order valence-electron chi connectivity index (χ1n) is 12.0. The van der Waals surface area contributed by atoms with Crippen LogP contribution in [0.4, 0.5) is 0 Å². The molecule has 1 fully saturated rings.